The highest BCUT2D eigenvalue weighted by Crippen LogP contribution is 2.41. The lowest BCUT2D eigenvalue weighted by Gasteiger charge is -2.24. The predicted molar refractivity (Wildman–Crippen MR) is 123 cm³/mol. The van der Waals surface area contributed by atoms with Crippen LogP contribution in [0.2, 0.25) is 5.02 Å². The number of aliphatic imine (C=N–C) groups is 1. The number of carbonyl (C=O) groups excluding carboxylic acids is 1. The van der Waals surface area contributed by atoms with E-state index in [4.69, 9.17) is 11.6 Å². The van der Waals surface area contributed by atoms with Crippen molar-refractivity contribution in [2.75, 3.05) is 16.4 Å². The molecule has 0 saturated carbocycles. The summed E-state index contributed by atoms with van der Waals surface area (Å²) in [5, 5.41) is 1.09. The Morgan fingerprint density at radius 3 is 2.68 bits per heavy atom. The predicted octanol–water partition coefficient (Wildman–Crippen LogP) is 3.79. The van der Waals surface area contributed by atoms with Gasteiger partial charge in [-0.1, -0.05) is 41.6 Å². The number of anilines is 1. The highest BCUT2D eigenvalue weighted by Gasteiger charge is 2.49. The lowest BCUT2D eigenvalue weighted by atomic mass is 10.1. The van der Waals surface area contributed by atoms with Crippen LogP contribution >= 0.6 is 46.0 Å². The van der Waals surface area contributed by atoms with Gasteiger partial charge in [0, 0.05) is 19.5 Å². The van der Waals surface area contributed by atoms with Crippen LogP contribution in [0.15, 0.2) is 53.5 Å². The van der Waals surface area contributed by atoms with Crippen molar-refractivity contribution >= 4 is 72.6 Å². The molecule has 1 amide bonds. The molecule has 2 saturated heterocycles. The van der Waals surface area contributed by atoms with Gasteiger partial charge in [-0.3, -0.25) is 4.79 Å². The lowest BCUT2D eigenvalue weighted by Crippen LogP contribution is -2.37. The monoisotopic (exact) mass is 546 g/mol. The Balaban J connectivity index is 1.63. The van der Waals surface area contributed by atoms with Crippen molar-refractivity contribution in [2.45, 2.75) is 17.7 Å². The van der Waals surface area contributed by atoms with Gasteiger partial charge in [-0.25, -0.2) is 8.42 Å². The second-order valence-electron chi connectivity index (χ2n) is 6.74. The SMILES string of the molecule is O=C(Cc1ccc(Cl)cc1)N=C1S[C@H]2CS(=O)(=O)C[C@@H]2N1c1cccc(I)c1. The van der Waals surface area contributed by atoms with Gasteiger partial charge in [0.1, 0.15) is 0 Å². The normalized spacial score (nSPS) is 24.5. The van der Waals surface area contributed by atoms with Crippen molar-refractivity contribution in [3.05, 3.63) is 62.7 Å². The molecule has 2 aliphatic heterocycles. The Labute approximate surface area is 186 Å². The van der Waals surface area contributed by atoms with Crippen LogP contribution in [0.4, 0.5) is 5.69 Å². The van der Waals surface area contributed by atoms with Crippen molar-refractivity contribution in [2.24, 2.45) is 4.99 Å². The molecule has 0 radical (unpaired) electrons. The number of amides is 1. The second-order valence-corrected chi connectivity index (χ2v) is 11.8. The molecule has 0 unspecified atom stereocenters. The summed E-state index contributed by atoms with van der Waals surface area (Å²) in [4.78, 5) is 18.8. The van der Waals surface area contributed by atoms with E-state index in [0.717, 1.165) is 14.8 Å². The summed E-state index contributed by atoms with van der Waals surface area (Å²) < 4.78 is 25.3. The average molecular weight is 547 g/mol. The fraction of sp³-hybridized carbons (Fsp3) is 0.263. The van der Waals surface area contributed by atoms with E-state index >= 15 is 0 Å². The van der Waals surface area contributed by atoms with E-state index < -0.39 is 9.84 Å². The summed E-state index contributed by atoms with van der Waals surface area (Å²) >= 11 is 9.50. The van der Waals surface area contributed by atoms with Gasteiger partial charge in [0.15, 0.2) is 15.0 Å². The zero-order chi connectivity index (χ0) is 19.9. The number of thioether (sulfide) groups is 1. The first-order chi connectivity index (χ1) is 13.3. The van der Waals surface area contributed by atoms with Gasteiger partial charge >= 0.3 is 0 Å². The molecule has 2 aliphatic rings. The van der Waals surface area contributed by atoms with Crippen LogP contribution in [0.1, 0.15) is 5.56 Å². The van der Waals surface area contributed by atoms with Gasteiger partial charge in [-0.05, 0) is 58.5 Å². The van der Waals surface area contributed by atoms with Gasteiger partial charge in [-0.2, -0.15) is 4.99 Å². The quantitative estimate of drug-likeness (QED) is 0.548. The number of sulfone groups is 1. The van der Waals surface area contributed by atoms with Crippen LogP contribution in [0.25, 0.3) is 0 Å². The topological polar surface area (TPSA) is 66.8 Å². The van der Waals surface area contributed by atoms with Gasteiger partial charge in [-0.15, -0.1) is 0 Å². The maximum Gasteiger partial charge on any atom is 0.252 e. The molecule has 4 rings (SSSR count). The smallest absolute Gasteiger partial charge is 0.252 e. The minimum atomic E-state index is -3.08. The standard InChI is InChI=1S/C19H16ClIN2O3S2/c20-13-6-4-12(5-7-13)8-18(24)22-19-23(15-3-1-2-14(21)9-15)16-10-28(25,26)11-17(16)27-19/h1-7,9,16-17H,8,10-11H2/t16-,17-/m0/s1. The largest absolute Gasteiger partial charge is 0.316 e. The minimum Gasteiger partial charge on any atom is -0.316 e. The van der Waals surface area contributed by atoms with E-state index in [2.05, 4.69) is 27.6 Å². The molecule has 0 spiro atoms. The molecule has 2 heterocycles. The van der Waals surface area contributed by atoms with Crippen molar-refractivity contribution in [1.82, 2.24) is 0 Å². The third kappa shape index (κ3) is 4.39. The molecule has 28 heavy (non-hydrogen) atoms. The molecular weight excluding hydrogens is 531 g/mol. The Bertz CT molecular complexity index is 1060. The number of hydrogen-bond donors (Lipinski definition) is 0. The van der Waals surface area contributed by atoms with Crippen LogP contribution in [-0.2, 0) is 21.1 Å². The molecule has 2 aromatic rings. The fourth-order valence-electron chi connectivity index (χ4n) is 3.42. The van der Waals surface area contributed by atoms with Gasteiger partial charge in [0.25, 0.3) is 5.91 Å². The molecule has 2 fully saturated rings. The van der Waals surface area contributed by atoms with Gasteiger partial charge < -0.3 is 4.90 Å². The third-order valence-corrected chi connectivity index (χ3v) is 8.77. The first-order valence-electron chi connectivity index (χ1n) is 8.58. The number of rotatable bonds is 3. The van der Waals surface area contributed by atoms with Crippen molar-refractivity contribution < 1.29 is 13.2 Å². The number of nitrogens with zero attached hydrogens (tertiary/aromatic N) is 2. The number of hydrogen-bond acceptors (Lipinski definition) is 4. The zero-order valence-corrected chi connectivity index (χ0v) is 19.1. The van der Waals surface area contributed by atoms with Crippen LogP contribution in [-0.4, -0.2) is 42.3 Å². The Kier molecular flexibility index (Phi) is 5.74. The number of fused-ring (bicyclic) bond motifs is 1. The number of carbonyl (C=O) groups is 1. The van der Waals surface area contributed by atoms with Crippen molar-refractivity contribution in [3.63, 3.8) is 0 Å². The lowest BCUT2D eigenvalue weighted by molar-refractivity contribution is -0.117. The Morgan fingerprint density at radius 1 is 1.21 bits per heavy atom. The summed E-state index contributed by atoms with van der Waals surface area (Å²) in [6.07, 6.45) is 0.176. The highest BCUT2D eigenvalue weighted by molar-refractivity contribution is 14.1. The van der Waals surface area contributed by atoms with E-state index in [-0.39, 0.29) is 35.1 Å². The number of amidine groups is 1. The van der Waals surface area contributed by atoms with E-state index in [9.17, 15) is 13.2 Å². The van der Waals surface area contributed by atoms with Crippen LogP contribution in [0, 0.1) is 3.57 Å². The molecule has 9 heteroatoms. The van der Waals surface area contributed by atoms with E-state index in [1.807, 2.05) is 29.2 Å². The fourth-order valence-corrected chi connectivity index (χ4v) is 8.00. The molecule has 2 aromatic carbocycles. The molecular formula is C19H16ClIN2O3S2. The average Bonchev–Trinajstić information content (AvgIpc) is 3.07. The van der Waals surface area contributed by atoms with E-state index in [1.165, 1.54) is 11.8 Å². The zero-order valence-electron chi connectivity index (χ0n) is 14.6. The Morgan fingerprint density at radius 2 is 1.96 bits per heavy atom. The molecule has 0 aliphatic carbocycles. The summed E-state index contributed by atoms with van der Waals surface area (Å²) in [5.41, 5.74) is 1.70. The first kappa shape index (κ1) is 20.2. The highest BCUT2D eigenvalue weighted by atomic mass is 127. The number of benzene rings is 2. The molecule has 5 nitrogen and oxygen atoms in total. The third-order valence-electron chi connectivity index (χ3n) is 4.64. The number of halogens is 2. The Hall–Kier alpha value is -1.10. The molecule has 146 valence electrons. The van der Waals surface area contributed by atoms with Crippen molar-refractivity contribution in [1.29, 1.82) is 0 Å². The molecule has 0 bridgehead atoms. The van der Waals surface area contributed by atoms with Crippen LogP contribution in [0.3, 0.4) is 0 Å². The molecule has 0 N–H and O–H groups in total. The first-order valence-corrected chi connectivity index (χ1v) is 12.7. The van der Waals surface area contributed by atoms with Gasteiger partial charge in [0.05, 0.1) is 24.0 Å². The van der Waals surface area contributed by atoms with Gasteiger partial charge in [0.2, 0.25) is 0 Å². The van der Waals surface area contributed by atoms with Crippen LogP contribution < -0.4 is 4.90 Å². The summed E-state index contributed by atoms with van der Waals surface area (Å²) in [6.45, 7) is 0. The molecule has 2 atom stereocenters. The van der Waals surface area contributed by atoms with E-state index in [1.54, 1.807) is 24.3 Å². The van der Waals surface area contributed by atoms with Crippen molar-refractivity contribution in [3.8, 4) is 0 Å². The molecule has 0 aromatic heterocycles. The summed E-state index contributed by atoms with van der Waals surface area (Å²) in [7, 11) is -3.08. The summed E-state index contributed by atoms with van der Waals surface area (Å²) in [6, 6.07) is 14.7. The maximum absolute atomic E-state index is 12.6. The van der Waals surface area contributed by atoms with Crippen LogP contribution in [0.5, 0.6) is 0 Å². The summed E-state index contributed by atoms with van der Waals surface area (Å²) in [5.74, 6) is -0.0588. The minimum absolute atomic E-state index is 0.0839. The maximum atomic E-state index is 12.6. The van der Waals surface area contributed by atoms with E-state index in [0.29, 0.717) is 10.2 Å². The second kappa shape index (κ2) is 7.97.